The first-order chi connectivity index (χ1) is 26.3. The molecule has 4 heterocycles. The molecule has 0 amide bonds. The van der Waals surface area contributed by atoms with Gasteiger partial charge in [0.05, 0.1) is 22.2 Å². The first-order valence-corrected chi connectivity index (χ1v) is 17.5. The summed E-state index contributed by atoms with van der Waals surface area (Å²) >= 11 is 0. The van der Waals surface area contributed by atoms with Crippen LogP contribution >= 0.6 is 0 Å². The van der Waals surface area contributed by atoms with Crippen molar-refractivity contribution in [1.29, 1.82) is 0 Å². The highest BCUT2D eigenvalue weighted by Crippen LogP contribution is 2.41. The van der Waals surface area contributed by atoms with Crippen molar-refractivity contribution < 1.29 is 8.83 Å². The quantitative estimate of drug-likeness (QED) is 0.180. The maximum Gasteiger partial charge on any atom is 0.238 e. The van der Waals surface area contributed by atoms with Crippen molar-refractivity contribution in [3.63, 3.8) is 0 Å². The van der Waals surface area contributed by atoms with E-state index in [9.17, 15) is 0 Å². The SMILES string of the molecule is c1ccc(-c2ccc3c4ccccc4n(-c4nc(-c5ccccc5)nc(-c5cccc6c5oc5c(-c7nc8ccccc8o7)cccc56)n4)c3c2)cc1. The van der Waals surface area contributed by atoms with Crippen LogP contribution in [0.15, 0.2) is 173 Å². The zero-order valence-electron chi connectivity index (χ0n) is 28.1. The summed E-state index contributed by atoms with van der Waals surface area (Å²) in [6.07, 6.45) is 0. The van der Waals surface area contributed by atoms with E-state index in [0.29, 0.717) is 34.7 Å². The van der Waals surface area contributed by atoms with E-state index < -0.39 is 0 Å². The second-order valence-corrected chi connectivity index (χ2v) is 13.1. The van der Waals surface area contributed by atoms with Gasteiger partial charge < -0.3 is 8.83 Å². The second kappa shape index (κ2) is 11.6. The zero-order chi connectivity index (χ0) is 34.9. The number of furan rings is 1. The van der Waals surface area contributed by atoms with Crippen LogP contribution in [-0.4, -0.2) is 24.5 Å². The fourth-order valence-corrected chi connectivity index (χ4v) is 7.45. The molecule has 7 heteroatoms. The molecule has 11 rings (SSSR count). The second-order valence-electron chi connectivity index (χ2n) is 13.1. The molecule has 11 aromatic rings. The van der Waals surface area contributed by atoms with Crippen molar-refractivity contribution in [3.05, 3.63) is 164 Å². The minimum absolute atomic E-state index is 0.507. The van der Waals surface area contributed by atoms with Crippen molar-refractivity contribution in [2.24, 2.45) is 0 Å². The number of para-hydroxylation sites is 5. The Labute approximate surface area is 302 Å². The fraction of sp³-hybridized carbons (Fsp3) is 0. The van der Waals surface area contributed by atoms with Gasteiger partial charge in [0.1, 0.15) is 16.7 Å². The van der Waals surface area contributed by atoms with Crippen molar-refractivity contribution in [1.82, 2.24) is 24.5 Å². The number of hydrogen-bond donors (Lipinski definition) is 0. The molecule has 0 bridgehead atoms. The molecular weight excluding hydrogens is 655 g/mol. The molecule has 0 aliphatic rings. The summed E-state index contributed by atoms with van der Waals surface area (Å²) in [6, 6.07) is 55.4. The Morgan fingerprint density at radius 3 is 1.85 bits per heavy atom. The van der Waals surface area contributed by atoms with Crippen LogP contribution in [0.1, 0.15) is 0 Å². The normalized spacial score (nSPS) is 11.8. The molecule has 0 atom stereocenters. The summed E-state index contributed by atoms with van der Waals surface area (Å²) < 4.78 is 15.1. The highest BCUT2D eigenvalue weighted by atomic mass is 16.4. The Morgan fingerprint density at radius 2 is 1.04 bits per heavy atom. The summed E-state index contributed by atoms with van der Waals surface area (Å²) in [6.45, 7) is 0. The third-order valence-electron chi connectivity index (χ3n) is 9.93. The van der Waals surface area contributed by atoms with Crippen molar-refractivity contribution in [2.45, 2.75) is 0 Å². The summed E-state index contributed by atoms with van der Waals surface area (Å²) in [4.78, 5) is 20.3. The van der Waals surface area contributed by atoms with Crippen LogP contribution in [0, 0.1) is 0 Å². The summed E-state index contributed by atoms with van der Waals surface area (Å²) in [7, 11) is 0. The number of nitrogens with zero attached hydrogens (tertiary/aromatic N) is 5. The van der Waals surface area contributed by atoms with Crippen molar-refractivity contribution in [3.8, 4) is 51.3 Å². The first kappa shape index (κ1) is 29.4. The minimum atomic E-state index is 0.507. The van der Waals surface area contributed by atoms with Crippen molar-refractivity contribution >= 4 is 54.8 Å². The molecule has 0 radical (unpaired) electrons. The number of aromatic nitrogens is 5. The number of oxazole rings is 1. The molecule has 248 valence electrons. The van der Waals surface area contributed by atoms with Crippen LogP contribution in [-0.2, 0) is 0 Å². The average Bonchev–Trinajstić information content (AvgIpc) is 3.93. The van der Waals surface area contributed by atoms with E-state index in [1.807, 2.05) is 84.9 Å². The lowest BCUT2D eigenvalue weighted by atomic mass is 10.0. The van der Waals surface area contributed by atoms with Gasteiger partial charge in [0, 0.05) is 27.1 Å². The van der Waals surface area contributed by atoms with Gasteiger partial charge in [-0.1, -0.05) is 127 Å². The van der Waals surface area contributed by atoms with Gasteiger partial charge in [-0.25, -0.2) is 9.97 Å². The van der Waals surface area contributed by atoms with Crippen LogP contribution in [0.2, 0.25) is 0 Å². The maximum absolute atomic E-state index is 6.79. The Bertz CT molecular complexity index is 3150. The van der Waals surface area contributed by atoms with Gasteiger partial charge >= 0.3 is 0 Å². The van der Waals surface area contributed by atoms with E-state index in [-0.39, 0.29) is 0 Å². The van der Waals surface area contributed by atoms with E-state index in [0.717, 1.165) is 71.5 Å². The van der Waals surface area contributed by atoms with Crippen molar-refractivity contribution in [2.75, 3.05) is 0 Å². The van der Waals surface area contributed by atoms with Gasteiger partial charge in [-0.05, 0) is 47.5 Å². The lowest BCUT2D eigenvalue weighted by Crippen LogP contribution is -2.06. The molecule has 53 heavy (non-hydrogen) atoms. The smallest absolute Gasteiger partial charge is 0.238 e. The predicted molar refractivity (Wildman–Crippen MR) is 211 cm³/mol. The van der Waals surface area contributed by atoms with E-state index >= 15 is 0 Å². The lowest BCUT2D eigenvalue weighted by Gasteiger charge is -2.11. The Balaban J connectivity index is 1.17. The minimum Gasteiger partial charge on any atom is -0.454 e. The standard InChI is InChI=1S/C46H27N5O2/c1-3-13-28(14-4-1)30-25-26-32-31-17-7-9-23-38(31)51(39(32)27-30)46-49-43(29-15-5-2-6-16-29)48-44(50-46)35-20-11-18-33-34-19-12-21-36(42(34)53-41(33)35)45-47-37-22-8-10-24-40(37)52-45/h1-27H. The van der Waals surface area contributed by atoms with E-state index in [1.54, 1.807) is 0 Å². The molecule has 0 unspecified atom stereocenters. The molecular formula is C46H27N5O2. The molecule has 0 N–H and O–H groups in total. The van der Waals surface area contributed by atoms with Gasteiger partial charge in [0.25, 0.3) is 0 Å². The fourth-order valence-electron chi connectivity index (χ4n) is 7.45. The van der Waals surface area contributed by atoms with E-state index in [1.165, 1.54) is 0 Å². The van der Waals surface area contributed by atoms with Gasteiger partial charge in [-0.15, -0.1) is 0 Å². The maximum atomic E-state index is 6.79. The predicted octanol–water partition coefficient (Wildman–Crippen LogP) is 11.7. The van der Waals surface area contributed by atoms with E-state index in [2.05, 4.69) is 83.4 Å². The summed E-state index contributed by atoms with van der Waals surface area (Å²) in [5, 5.41) is 4.14. The van der Waals surface area contributed by atoms with E-state index in [4.69, 9.17) is 28.8 Å². The topological polar surface area (TPSA) is 82.8 Å². The monoisotopic (exact) mass is 681 g/mol. The highest BCUT2D eigenvalue weighted by Gasteiger charge is 2.22. The Kier molecular flexibility index (Phi) is 6.42. The number of benzene rings is 7. The number of fused-ring (bicyclic) bond motifs is 7. The molecule has 0 aliphatic heterocycles. The summed E-state index contributed by atoms with van der Waals surface area (Å²) in [5.74, 6) is 2.10. The van der Waals surface area contributed by atoms with Gasteiger partial charge in [0.2, 0.25) is 11.8 Å². The van der Waals surface area contributed by atoms with Gasteiger partial charge in [-0.2, -0.15) is 9.97 Å². The largest absolute Gasteiger partial charge is 0.454 e. The molecule has 7 nitrogen and oxygen atoms in total. The molecule has 0 saturated heterocycles. The van der Waals surface area contributed by atoms with Crippen LogP contribution in [0.3, 0.4) is 0 Å². The number of rotatable bonds is 5. The zero-order valence-corrected chi connectivity index (χ0v) is 28.1. The Morgan fingerprint density at radius 1 is 0.396 bits per heavy atom. The first-order valence-electron chi connectivity index (χ1n) is 17.5. The van der Waals surface area contributed by atoms with Crippen LogP contribution in [0.5, 0.6) is 0 Å². The molecule has 0 saturated carbocycles. The lowest BCUT2D eigenvalue weighted by molar-refractivity contribution is 0.615. The Hall–Kier alpha value is -7.38. The van der Waals surface area contributed by atoms with Gasteiger partial charge in [0.15, 0.2) is 17.2 Å². The highest BCUT2D eigenvalue weighted by molar-refractivity contribution is 6.13. The number of hydrogen-bond acceptors (Lipinski definition) is 6. The molecule has 7 aromatic carbocycles. The third kappa shape index (κ3) is 4.68. The molecule has 0 fully saturated rings. The molecule has 0 spiro atoms. The molecule has 4 aromatic heterocycles. The van der Waals surface area contributed by atoms with Crippen LogP contribution < -0.4 is 0 Å². The molecule has 0 aliphatic carbocycles. The van der Waals surface area contributed by atoms with Crippen LogP contribution in [0.25, 0.3) is 106 Å². The van der Waals surface area contributed by atoms with Gasteiger partial charge in [-0.3, -0.25) is 4.57 Å². The van der Waals surface area contributed by atoms with Crippen LogP contribution in [0.4, 0.5) is 0 Å². The average molecular weight is 682 g/mol. The third-order valence-corrected chi connectivity index (χ3v) is 9.93. The summed E-state index contributed by atoms with van der Waals surface area (Å²) in [5.41, 5.74) is 9.58.